The smallest absolute Gasteiger partial charge is 0.411 e. The van der Waals surface area contributed by atoms with Crippen molar-refractivity contribution in [2.24, 2.45) is 0 Å². The van der Waals surface area contributed by atoms with Crippen molar-refractivity contribution in [1.29, 1.82) is 0 Å². The maximum absolute atomic E-state index is 14.3. The second-order valence-corrected chi connectivity index (χ2v) is 10.2. The number of hydrogen-bond acceptors (Lipinski definition) is 10. The van der Waals surface area contributed by atoms with Gasteiger partial charge in [0, 0.05) is 23.4 Å². The van der Waals surface area contributed by atoms with E-state index in [1.165, 1.54) is 20.5 Å². The van der Waals surface area contributed by atoms with Crippen molar-refractivity contribution >= 4 is 40.2 Å². The van der Waals surface area contributed by atoms with E-state index in [1.54, 1.807) is 61.5 Å². The Labute approximate surface area is 258 Å². The molecule has 0 saturated carbocycles. The molecule has 2 atom stereocenters. The number of rotatable bonds is 7. The Morgan fingerprint density at radius 3 is 2.53 bits per heavy atom. The third kappa shape index (κ3) is 7.15. The highest BCUT2D eigenvalue weighted by molar-refractivity contribution is 5.89. The van der Waals surface area contributed by atoms with E-state index in [4.69, 9.17) is 18.9 Å². The lowest BCUT2D eigenvalue weighted by molar-refractivity contribution is -0.143. The van der Waals surface area contributed by atoms with E-state index in [0.29, 0.717) is 50.5 Å². The number of anilines is 2. The maximum Gasteiger partial charge on any atom is 0.411 e. The number of H-pyrrole nitrogens is 1. The number of benzene rings is 3. The first-order valence-electron chi connectivity index (χ1n) is 14.3. The van der Waals surface area contributed by atoms with Crippen LogP contribution in [0.1, 0.15) is 42.1 Å². The van der Waals surface area contributed by atoms with Crippen molar-refractivity contribution in [1.82, 2.24) is 15.3 Å². The zero-order chi connectivity index (χ0) is 31.9. The van der Waals surface area contributed by atoms with E-state index in [-0.39, 0.29) is 31.6 Å². The number of aromatic nitrogens is 2. The van der Waals surface area contributed by atoms with Gasteiger partial charge in [0.2, 0.25) is 5.91 Å². The summed E-state index contributed by atoms with van der Waals surface area (Å²) in [5.74, 6) is -0.195. The summed E-state index contributed by atoms with van der Waals surface area (Å²) in [6, 6.07) is 13.2. The van der Waals surface area contributed by atoms with Crippen molar-refractivity contribution < 1.29 is 33.3 Å². The SMILES string of the molecule is CCOC(=O)C[C@H]1NC(=O)[C@H](Nc2ccc3nc[nH]c(=O)c3c2)c2cc(OC)c(c(OC)c2)CCOC(=O)Nc2cccc1c2. The first-order chi connectivity index (χ1) is 21.8. The van der Waals surface area contributed by atoms with Crippen molar-refractivity contribution in [3.63, 3.8) is 0 Å². The zero-order valence-electron chi connectivity index (χ0n) is 25.0. The number of hydrogen-bond donors (Lipinski definition) is 4. The maximum atomic E-state index is 14.3. The number of aromatic amines is 1. The second-order valence-electron chi connectivity index (χ2n) is 10.2. The van der Waals surface area contributed by atoms with Crippen molar-refractivity contribution in [2.75, 3.05) is 38.1 Å². The molecule has 13 nitrogen and oxygen atoms in total. The van der Waals surface area contributed by atoms with Gasteiger partial charge in [-0.2, -0.15) is 0 Å². The third-order valence-corrected chi connectivity index (χ3v) is 7.29. The fraction of sp³-hybridized carbons (Fsp3) is 0.281. The molecule has 0 spiro atoms. The topological polar surface area (TPSA) is 170 Å². The van der Waals surface area contributed by atoms with Crippen LogP contribution >= 0.6 is 0 Å². The molecule has 0 radical (unpaired) electrons. The fourth-order valence-electron chi connectivity index (χ4n) is 5.17. The largest absolute Gasteiger partial charge is 0.496 e. The molecule has 0 aliphatic carbocycles. The molecule has 4 N–H and O–H groups in total. The van der Waals surface area contributed by atoms with Crippen LogP contribution in [-0.2, 0) is 25.5 Å². The molecule has 2 amide bonds. The van der Waals surface area contributed by atoms with Gasteiger partial charge in [-0.15, -0.1) is 0 Å². The number of nitrogens with one attached hydrogen (secondary N) is 4. The van der Waals surface area contributed by atoms with Gasteiger partial charge < -0.3 is 34.6 Å². The van der Waals surface area contributed by atoms with Crippen molar-refractivity contribution in [3.8, 4) is 11.5 Å². The minimum Gasteiger partial charge on any atom is -0.496 e. The highest BCUT2D eigenvalue weighted by Gasteiger charge is 2.29. The average molecular weight is 616 g/mol. The Bertz CT molecular complexity index is 1760. The summed E-state index contributed by atoms with van der Waals surface area (Å²) in [6.07, 6.45) is 0.742. The highest BCUT2D eigenvalue weighted by Crippen LogP contribution is 2.35. The number of nitrogens with zero attached hydrogens (tertiary/aromatic N) is 1. The van der Waals surface area contributed by atoms with E-state index in [1.807, 2.05) is 0 Å². The number of ether oxygens (including phenoxy) is 4. The molecule has 4 bridgehead atoms. The molecule has 0 fully saturated rings. The molecule has 1 aromatic heterocycles. The van der Waals surface area contributed by atoms with E-state index >= 15 is 0 Å². The summed E-state index contributed by atoms with van der Waals surface area (Å²) in [5.41, 5.74) is 2.70. The summed E-state index contributed by atoms with van der Waals surface area (Å²) in [7, 11) is 2.97. The van der Waals surface area contributed by atoms with Crippen LogP contribution in [0.5, 0.6) is 11.5 Å². The fourth-order valence-corrected chi connectivity index (χ4v) is 5.17. The molecule has 4 aromatic rings. The quantitative estimate of drug-likeness (QED) is 0.223. The summed E-state index contributed by atoms with van der Waals surface area (Å²) >= 11 is 0. The van der Waals surface area contributed by atoms with E-state index in [2.05, 4.69) is 25.9 Å². The molecule has 234 valence electrons. The molecule has 6 rings (SSSR count). The summed E-state index contributed by atoms with van der Waals surface area (Å²) in [4.78, 5) is 58.8. The van der Waals surface area contributed by atoms with Crippen LogP contribution in [-0.4, -0.2) is 55.4 Å². The molecule has 0 saturated heterocycles. The van der Waals surface area contributed by atoms with Crippen LogP contribution in [0.25, 0.3) is 10.9 Å². The minimum absolute atomic E-state index is 0.0188. The second kappa shape index (κ2) is 13.8. The molecule has 3 heterocycles. The lowest BCUT2D eigenvalue weighted by atomic mass is 9.98. The number of carbonyl (C=O) groups is 3. The Morgan fingerprint density at radius 2 is 1.80 bits per heavy atom. The number of carbonyl (C=O) groups excluding carboxylic acids is 3. The van der Waals surface area contributed by atoms with Gasteiger partial charge in [-0.3, -0.25) is 19.7 Å². The molecule has 3 aromatic carbocycles. The summed E-state index contributed by atoms with van der Waals surface area (Å²) < 4.78 is 22.0. The molecular weight excluding hydrogens is 582 g/mol. The molecule has 2 aliphatic rings. The van der Waals surface area contributed by atoms with E-state index < -0.39 is 30.1 Å². The molecular formula is C32H33N5O8. The lowest BCUT2D eigenvalue weighted by Crippen LogP contribution is -2.37. The standard InChI is InChI=1S/C32H33N5O8/c1-4-44-28(38)16-25-18-6-5-7-20(12-18)36-32(41)45-11-10-22-26(42-2)13-19(14-27(22)43-3)29(31(40)37-25)35-21-8-9-24-23(15-21)30(39)34-17-33-24/h5-9,12-15,17,25,29,35H,4,10-11,16H2,1-3H3,(H,36,41)(H,37,40)(H,33,34,39)/t25-,29-/m1/s1. The summed E-state index contributed by atoms with van der Waals surface area (Å²) in [5, 5.41) is 9.24. The van der Waals surface area contributed by atoms with Crippen LogP contribution < -0.4 is 31.0 Å². The van der Waals surface area contributed by atoms with Gasteiger partial charge in [-0.1, -0.05) is 12.1 Å². The Kier molecular flexibility index (Phi) is 9.46. The normalized spacial score (nSPS) is 16.7. The predicted molar refractivity (Wildman–Crippen MR) is 166 cm³/mol. The van der Waals surface area contributed by atoms with Gasteiger partial charge >= 0.3 is 12.1 Å². The van der Waals surface area contributed by atoms with Crippen LogP contribution in [0.4, 0.5) is 16.2 Å². The predicted octanol–water partition coefficient (Wildman–Crippen LogP) is 4.01. The van der Waals surface area contributed by atoms with Gasteiger partial charge in [0.05, 0.1) is 57.1 Å². The minimum atomic E-state index is -1.05. The van der Waals surface area contributed by atoms with E-state index in [9.17, 15) is 19.2 Å². The number of fused-ring (bicyclic) bond motifs is 10. The Balaban J connectivity index is 1.63. The van der Waals surface area contributed by atoms with Crippen molar-refractivity contribution in [3.05, 3.63) is 88.0 Å². The number of methoxy groups -OCH3 is 2. The van der Waals surface area contributed by atoms with Crippen LogP contribution in [0.15, 0.2) is 65.7 Å². The summed E-state index contributed by atoms with van der Waals surface area (Å²) in [6.45, 7) is 1.88. The monoisotopic (exact) mass is 615 g/mol. The van der Waals surface area contributed by atoms with Crippen LogP contribution in [0, 0.1) is 0 Å². The molecule has 45 heavy (non-hydrogen) atoms. The number of amides is 2. The lowest BCUT2D eigenvalue weighted by Gasteiger charge is -2.26. The molecule has 0 unspecified atom stereocenters. The first-order valence-corrected chi connectivity index (χ1v) is 14.3. The van der Waals surface area contributed by atoms with Gasteiger partial charge in [-0.05, 0) is 60.5 Å². The Hall–Kier alpha value is -5.59. The molecule has 2 aliphatic heterocycles. The molecule has 13 heteroatoms. The van der Waals surface area contributed by atoms with Gasteiger partial charge in [0.1, 0.15) is 17.5 Å². The zero-order valence-corrected chi connectivity index (χ0v) is 25.0. The first kappa shape index (κ1) is 30.9. The van der Waals surface area contributed by atoms with Crippen molar-refractivity contribution in [2.45, 2.75) is 31.8 Å². The van der Waals surface area contributed by atoms with Gasteiger partial charge in [-0.25, -0.2) is 9.78 Å². The Morgan fingerprint density at radius 1 is 1.02 bits per heavy atom. The van der Waals surface area contributed by atoms with Crippen LogP contribution in [0.3, 0.4) is 0 Å². The highest BCUT2D eigenvalue weighted by atomic mass is 16.5. The number of esters is 1. The third-order valence-electron chi connectivity index (χ3n) is 7.29. The van der Waals surface area contributed by atoms with Gasteiger partial charge in [0.15, 0.2) is 0 Å². The van der Waals surface area contributed by atoms with E-state index in [0.717, 1.165) is 0 Å². The van der Waals surface area contributed by atoms with Gasteiger partial charge in [0.25, 0.3) is 5.56 Å². The average Bonchev–Trinajstić information content (AvgIpc) is 3.03. The van der Waals surface area contributed by atoms with Crippen LogP contribution in [0.2, 0.25) is 0 Å².